The van der Waals surface area contributed by atoms with E-state index in [-0.39, 0.29) is 25.9 Å². The average molecular weight is 1100 g/mol. The Labute approximate surface area is 468 Å². The molecule has 0 aliphatic carbocycles. The minimum Gasteiger partial charge on any atom is -0.462 e. The van der Waals surface area contributed by atoms with Gasteiger partial charge in [0, 0.05) is 19.3 Å². The van der Waals surface area contributed by atoms with Crippen molar-refractivity contribution in [3.05, 3.63) is 12.2 Å². The number of carbonyl (C=O) groups is 3. The number of carbonyl (C=O) groups excluding carboxylic acids is 3. The molecule has 11 nitrogen and oxygen atoms in total. The summed E-state index contributed by atoms with van der Waals surface area (Å²) in [6.07, 6.45) is 60.1. The van der Waals surface area contributed by atoms with Gasteiger partial charge in [0.05, 0.1) is 19.8 Å². The van der Waals surface area contributed by atoms with E-state index in [2.05, 4.69) is 32.9 Å². The highest BCUT2D eigenvalue weighted by Crippen LogP contribution is 2.43. The predicted octanol–water partition coefficient (Wildman–Crippen LogP) is 19.6. The zero-order valence-electron chi connectivity index (χ0n) is 50.0. The van der Waals surface area contributed by atoms with E-state index in [9.17, 15) is 28.9 Å². The van der Waals surface area contributed by atoms with Gasteiger partial charge in [0.1, 0.15) is 12.7 Å². The SMILES string of the molecule is CCCCCCCC/C=C\CCCCCCCCCCCC(=O)OCC(COP(=O)(O)OCC(CO)OC(=O)CCCCCCCCCCCCCCCCC)OC(=O)CCCCCCCCCCCCCCCCC. The van der Waals surface area contributed by atoms with E-state index in [0.717, 1.165) is 57.8 Å². The molecular formula is C64H123O11P. The van der Waals surface area contributed by atoms with Gasteiger partial charge in [-0.15, -0.1) is 0 Å². The van der Waals surface area contributed by atoms with Crippen LogP contribution in [0.2, 0.25) is 0 Å². The summed E-state index contributed by atoms with van der Waals surface area (Å²) in [5, 5.41) is 9.84. The first-order valence-corrected chi connectivity index (χ1v) is 34.1. The summed E-state index contributed by atoms with van der Waals surface area (Å²) in [6, 6.07) is 0. The summed E-state index contributed by atoms with van der Waals surface area (Å²) in [5.41, 5.74) is 0. The molecule has 0 aliphatic heterocycles. The maximum Gasteiger partial charge on any atom is 0.472 e. The second-order valence-electron chi connectivity index (χ2n) is 22.3. The van der Waals surface area contributed by atoms with E-state index in [0.29, 0.717) is 19.3 Å². The van der Waals surface area contributed by atoms with Gasteiger partial charge in [-0.1, -0.05) is 290 Å². The smallest absolute Gasteiger partial charge is 0.462 e. The van der Waals surface area contributed by atoms with E-state index in [1.54, 1.807) is 0 Å². The zero-order valence-corrected chi connectivity index (χ0v) is 50.9. The summed E-state index contributed by atoms with van der Waals surface area (Å²) in [5.74, 6) is -1.43. The Morgan fingerprint density at radius 1 is 0.355 bits per heavy atom. The highest BCUT2D eigenvalue weighted by Gasteiger charge is 2.28. The molecule has 76 heavy (non-hydrogen) atoms. The number of ether oxygens (including phenoxy) is 3. The van der Waals surface area contributed by atoms with Crippen molar-refractivity contribution in [1.29, 1.82) is 0 Å². The van der Waals surface area contributed by atoms with E-state index < -0.39 is 57.8 Å². The third-order valence-corrected chi connectivity index (χ3v) is 15.6. The van der Waals surface area contributed by atoms with Crippen LogP contribution in [0.25, 0.3) is 0 Å². The number of esters is 3. The van der Waals surface area contributed by atoms with Crippen LogP contribution in [-0.4, -0.2) is 66.5 Å². The molecule has 0 heterocycles. The van der Waals surface area contributed by atoms with Gasteiger partial charge in [-0.25, -0.2) is 4.57 Å². The number of phosphoric acid groups is 1. The average Bonchev–Trinajstić information content (AvgIpc) is 3.41. The van der Waals surface area contributed by atoms with Crippen molar-refractivity contribution >= 4 is 25.7 Å². The Balaban J connectivity index is 4.63. The molecule has 0 rings (SSSR count). The molecule has 3 atom stereocenters. The van der Waals surface area contributed by atoms with Crippen LogP contribution in [0.1, 0.15) is 342 Å². The number of allylic oxidation sites excluding steroid dienone is 2. The predicted molar refractivity (Wildman–Crippen MR) is 317 cm³/mol. The molecule has 0 amide bonds. The fraction of sp³-hybridized carbons (Fsp3) is 0.922. The van der Waals surface area contributed by atoms with Crippen LogP contribution in [0, 0.1) is 0 Å². The third kappa shape index (κ3) is 56.9. The fourth-order valence-electron chi connectivity index (χ4n) is 9.71. The van der Waals surface area contributed by atoms with Crippen LogP contribution >= 0.6 is 7.82 Å². The maximum atomic E-state index is 12.9. The molecule has 2 N–H and O–H groups in total. The second-order valence-corrected chi connectivity index (χ2v) is 23.8. The van der Waals surface area contributed by atoms with Crippen molar-refractivity contribution in [1.82, 2.24) is 0 Å². The molecule has 0 fully saturated rings. The Hall–Kier alpha value is -1.78. The van der Waals surface area contributed by atoms with Crippen LogP contribution in [-0.2, 0) is 42.2 Å². The standard InChI is InChI=1S/C64H123O11P/c1-4-7-10-13-16-19-22-25-28-29-30-31-34-35-38-41-44-47-50-53-62(66)71-57-61(75-64(68)55-52-49-46-43-40-37-33-27-24-21-18-15-12-9-6-3)59-73-76(69,70)72-58-60(56-65)74-63(67)54-51-48-45-42-39-36-32-26-23-20-17-14-11-8-5-2/h25,28,60-61,65H,4-24,26-27,29-59H2,1-3H3,(H,69,70)/b28-25-. The number of hydrogen-bond donors (Lipinski definition) is 2. The highest BCUT2D eigenvalue weighted by molar-refractivity contribution is 7.47. The topological polar surface area (TPSA) is 155 Å². The number of unbranched alkanes of at least 4 members (excludes halogenated alkanes) is 43. The first-order valence-electron chi connectivity index (χ1n) is 32.6. The lowest BCUT2D eigenvalue weighted by Gasteiger charge is -2.21. The van der Waals surface area contributed by atoms with E-state index >= 15 is 0 Å². The van der Waals surface area contributed by atoms with E-state index in [1.807, 2.05) is 0 Å². The molecule has 0 aliphatic rings. The van der Waals surface area contributed by atoms with Crippen molar-refractivity contribution in [2.75, 3.05) is 26.4 Å². The van der Waals surface area contributed by atoms with Crippen LogP contribution in [0.3, 0.4) is 0 Å². The maximum absolute atomic E-state index is 12.9. The summed E-state index contributed by atoms with van der Waals surface area (Å²) in [4.78, 5) is 48.7. The molecule has 3 unspecified atom stereocenters. The lowest BCUT2D eigenvalue weighted by molar-refractivity contribution is -0.161. The second kappa shape index (κ2) is 59.3. The van der Waals surface area contributed by atoms with E-state index in [1.165, 1.54) is 225 Å². The van der Waals surface area contributed by atoms with Gasteiger partial charge in [-0.2, -0.15) is 0 Å². The van der Waals surface area contributed by atoms with E-state index in [4.69, 9.17) is 23.3 Å². The lowest BCUT2D eigenvalue weighted by Crippen LogP contribution is -2.30. The van der Waals surface area contributed by atoms with Crippen LogP contribution in [0.5, 0.6) is 0 Å². The highest BCUT2D eigenvalue weighted by atomic mass is 31.2. The Kier molecular flexibility index (Phi) is 58.0. The van der Waals surface area contributed by atoms with Crippen molar-refractivity contribution in [3.8, 4) is 0 Å². The van der Waals surface area contributed by atoms with Gasteiger partial charge in [0.2, 0.25) is 0 Å². The van der Waals surface area contributed by atoms with Crippen molar-refractivity contribution in [3.63, 3.8) is 0 Å². The molecule has 450 valence electrons. The summed E-state index contributed by atoms with van der Waals surface area (Å²) in [7, 11) is -4.74. The van der Waals surface area contributed by atoms with Gasteiger partial charge in [0.15, 0.2) is 6.10 Å². The van der Waals surface area contributed by atoms with Crippen molar-refractivity contribution in [2.24, 2.45) is 0 Å². The summed E-state index contributed by atoms with van der Waals surface area (Å²) >= 11 is 0. The largest absolute Gasteiger partial charge is 0.472 e. The van der Waals surface area contributed by atoms with Crippen LogP contribution in [0.4, 0.5) is 0 Å². The van der Waals surface area contributed by atoms with Crippen molar-refractivity contribution in [2.45, 2.75) is 354 Å². The first kappa shape index (κ1) is 74.2. The molecule has 0 aromatic rings. The van der Waals surface area contributed by atoms with Crippen molar-refractivity contribution < 1.29 is 52.2 Å². The number of hydrogen-bond acceptors (Lipinski definition) is 10. The van der Waals surface area contributed by atoms with Gasteiger partial charge in [-0.3, -0.25) is 23.4 Å². The number of rotatable bonds is 62. The summed E-state index contributed by atoms with van der Waals surface area (Å²) in [6.45, 7) is 4.73. The summed E-state index contributed by atoms with van der Waals surface area (Å²) < 4.78 is 39.7. The lowest BCUT2D eigenvalue weighted by atomic mass is 10.0. The normalized spacial score (nSPS) is 13.3. The fourth-order valence-corrected chi connectivity index (χ4v) is 10.5. The van der Waals surface area contributed by atoms with Crippen LogP contribution in [0.15, 0.2) is 12.2 Å². The minimum atomic E-state index is -4.74. The molecule has 0 bridgehead atoms. The van der Waals surface area contributed by atoms with Gasteiger partial charge in [0.25, 0.3) is 0 Å². The Morgan fingerprint density at radius 3 is 0.908 bits per heavy atom. The Morgan fingerprint density at radius 2 is 0.605 bits per heavy atom. The number of aliphatic hydroxyl groups excluding tert-OH is 1. The first-order chi connectivity index (χ1) is 37.2. The number of aliphatic hydroxyl groups is 1. The van der Waals surface area contributed by atoms with Crippen LogP contribution < -0.4 is 0 Å². The monoisotopic (exact) mass is 1100 g/mol. The quantitative estimate of drug-likeness (QED) is 0.0197. The molecule has 0 aromatic heterocycles. The molecule has 0 saturated carbocycles. The Bertz CT molecular complexity index is 1330. The van der Waals surface area contributed by atoms with Gasteiger partial charge in [-0.05, 0) is 44.9 Å². The van der Waals surface area contributed by atoms with Gasteiger partial charge < -0.3 is 24.2 Å². The zero-order chi connectivity index (χ0) is 55.5. The molecular weight excluding hydrogens is 976 g/mol. The molecule has 0 aromatic carbocycles. The number of phosphoric ester groups is 1. The molecule has 12 heteroatoms. The molecule has 0 saturated heterocycles. The van der Waals surface area contributed by atoms with Gasteiger partial charge >= 0.3 is 25.7 Å². The molecule has 0 radical (unpaired) electrons. The molecule has 0 spiro atoms. The minimum absolute atomic E-state index is 0.176. The third-order valence-electron chi connectivity index (χ3n) is 14.7.